The predicted octanol–water partition coefficient (Wildman–Crippen LogP) is 2.95. The zero-order chi connectivity index (χ0) is 22.0. The van der Waals surface area contributed by atoms with Gasteiger partial charge < -0.3 is 25.0 Å². The van der Waals surface area contributed by atoms with E-state index in [0.29, 0.717) is 19.4 Å². The predicted molar refractivity (Wildman–Crippen MR) is 104 cm³/mol. The number of fused-ring (bicyclic) bond motifs is 1. The van der Waals surface area contributed by atoms with Gasteiger partial charge in [-0.25, -0.2) is 9.18 Å². The number of rotatable bonds is 5. The number of nitrogens with two attached hydrogens (primary N) is 1. The molecule has 0 amide bonds. The number of benzene rings is 1. The van der Waals surface area contributed by atoms with Crippen molar-refractivity contribution in [1.82, 2.24) is 4.57 Å². The molecule has 0 unspecified atom stereocenters. The molecule has 1 aromatic heterocycles. The molecular weight excluding hydrogens is 403 g/mol. The van der Waals surface area contributed by atoms with Gasteiger partial charge in [0.25, 0.3) is 0 Å². The standard InChI is InChI=1S/C20H22F3N3O4/c1-20(2)8-25(7-13(20)24)15-12(21)5-10-14(17(15)30-19(22)23)26(9-3-4-9)6-11(16(10)27)18(28)29/h5-6,9,13,19H,3-4,7-8,24H2,1-2H3,(H,28,29)/t13-/m1/s1. The Morgan fingerprint density at radius 2 is 2.03 bits per heavy atom. The first-order valence-electron chi connectivity index (χ1n) is 9.61. The van der Waals surface area contributed by atoms with Crippen LogP contribution >= 0.6 is 0 Å². The zero-order valence-corrected chi connectivity index (χ0v) is 16.5. The molecule has 7 nitrogen and oxygen atoms in total. The molecule has 1 aliphatic carbocycles. The Bertz CT molecular complexity index is 1100. The van der Waals surface area contributed by atoms with Crippen LogP contribution in [0, 0.1) is 11.2 Å². The minimum Gasteiger partial charge on any atom is -0.477 e. The number of aromatic nitrogens is 1. The molecule has 0 radical (unpaired) electrons. The molecule has 2 heterocycles. The number of carboxylic acids is 1. The van der Waals surface area contributed by atoms with E-state index in [1.54, 1.807) is 4.90 Å². The number of pyridine rings is 1. The summed E-state index contributed by atoms with van der Waals surface area (Å²) >= 11 is 0. The fourth-order valence-electron chi connectivity index (χ4n) is 4.06. The first-order chi connectivity index (χ1) is 14.0. The normalized spacial score (nSPS) is 20.9. The summed E-state index contributed by atoms with van der Waals surface area (Å²) in [6, 6.07) is 0.404. The molecule has 2 fully saturated rings. The molecule has 0 bridgehead atoms. The van der Waals surface area contributed by atoms with Gasteiger partial charge in [-0.3, -0.25) is 4.79 Å². The van der Waals surface area contributed by atoms with Gasteiger partial charge in [0.1, 0.15) is 11.3 Å². The highest BCUT2D eigenvalue weighted by Gasteiger charge is 2.40. The van der Waals surface area contributed by atoms with Crippen LogP contribution in [0.2, 0.25) is 0 Å². The number of hydrogen-bond acceptors (Lipinski definition) is 5. The third kappa shape index (κ3) is 3.28. The number of hydrogen-bond donors (Lipinski definition) is 2. The molecule has 2 aromatic rings. The van der Waals surface area contributed by atoms with E-state index in [-0.39, 0.29) is 35.2 Å². The Hall–Kier alpha value is -2.75. The van der Waals surface area contributed by atoms with Gasteiger partial charge in [0.2, 0.25) is 5.43 Å². The third-order valence-corrected chi connectivity index (χ3v) is 5.91. The summed E-state index contributed by atoms with van der Waals surface area (Å²) in [6.45, 7) is 1.04. The Balaban J connectivity index is 2.05. The molecule has 1 saturated carbocycles. The van der Waals surface area contributed by atoms with Gasteiger partial charge in [0.05, 0.1) is 10.9 Å². The Morgan fingerprint density at radius 3 is 2.53 bits per heavy atom. The summed E-state index contributed by atoms with van der Waals surface area (Å²) in [5, 5.41) is 9.07. The van der Waals surface area contributed by atoms with Crippen LogP contribution < -0.4 is 20.8 Å². The van der Waals surface area contributed by atoms with Crippen molar-refractivity contribution < 1.29 is 27.8 Å². The summed E-state index contributed by atoms with van der Waals surface area (Å²) < 4.78 is 48.2. The third-order valence-electron chi connectivity index (χ3n) is 5.91. The lowest BCUT2D eigenvalue weighted by atomic mass is 9.89. The quantitative estimate of drug-likeness (QED) is 0.765. The second-order valence-electron chi connectivity index (χ2n) is 8.60. The maximum absolute atomic E-state index is 15.2. The first kappa shape index (κ1) is 20.5. The number of ether oxygens (including phenoxy) is 1. The van der Waals surface area contributed by atoms with Crippen molar-refractivity contribution in [2.24, 2.45) is 11.1 Å². The van der Waals surface area contributed by atoms with Gasteiger partial charge in [-0.2, -0.15) is 8.78 Å². The van der Waals surface area contributed by atoms with Crippen LogP contribution in [-0.4, -0.2) is 41.4 Å². The summed E-state index contributed by atoms with van der Waals surface area (Å²) in [7, 11) is 0. The molecule has 10 heteroatoms. The lowest BCUT2D eigenvalue weighted by Crippen LogP contribution is -2.35. The van der Waals surface area contributed by atoms with Crippen LogP contribution in [-0.2, 0) is 0 Å². The van der Waals surface area contributed by atoms with E-state index in [1.807, 2.05) is 13.8 Å². The highest BCUT2D eigenvalue weighted by Crippen LogP contribution is 2.46. The van der Waals surface area contributed by atoms with Gasteiger partial charge in [0, 0.05) is 31.4 Å². The van der Waals surface area contributed by atoms with Crippen LogP contribution in [0.1, 0.15) is 43.1 Å². The second kappa shape index (κ2) is 6.90. The lowest BCUT2D eigenvalue weighted by Gasteiger charge is -2.26. The van der Waals surface area contributed by atoms with E-state index in [0.717, 1.165) is 12.3 Å². The smallest absolute Gasteiger partial charge is 0.387 e. The van der Waals surface area contributed by atoms with E-state index in [1.165, 1.54) is 4.57 Å². The van der Waals surface area contributed by atoms with Crippen LogP contribution in [0.25, 0.3) is 10.9 Å². The molecule has 0 spiro atoms. The fraction of sp³-hybridized carbons (Fsp3) is 0.500. The van der Waals surface area contributed by atoms with Crippen LogP contribution in [0.15, 0.2) is 17.1 Å². The maximum atomic E-state index is 15.2. The average Bonchev–Trinajstić information content (AvgIpc) is 3.42. The van der Waals surface area contributed by atoms with Crippen molar-refractivity contribution in [3.05, 3.63) is 33.9 Å². The van der Waals surface area contributed by atoms with Crippen molar-refractivity contribution in [1.29, 1.82) is 0 Å². The van der Waals surface area contributed by atoms with Crippen molar-refractivity contribution in [2.45, 2.75) is 45.4 Å². The van der Waals surface area contributed by atoms with Gasteiger partial charge in [0.15, 0.2) is 11.6 Å². The molecule has 30 heavy (non-hydrogen) atoms. The number of aromatic carboxylic acids is 1. The number of alkyl halides is 2. The van der Waals surface area contributed by atoms with Crippen LogP contribution in [0.5, 0.6) is 5.75 Å². The van der Waals surface area contributed by atoms with Crippen LogP contribution in [0.3, 0.4) is 0 Å². The van der Waals surface area contributed by atoms with Crippen LogP contribution in [0.4, 0.5) is 18.9 Å². The molecule has 162 valence electrons. The van der Waals surface area contributed by atoms with Gasteiger partial charge in [-0.15, -0.1) is 0 Å². The lowest BCUT2D eigenvalue weighted by molar-refractivity contribution is -0.0488. The minimum absolute atomic E-state index is 0.0255. The summed E-state index contributed by atoms with van der Waals surface area (Å²) in [5.41, 5.74) is 4.04. The van der Waals surface area contributed by atoms with E-state index in [4.69, 9.17) is 10.5 Å². The van der Waals surface area contributed by atoms with E-state index in [9.17, 15) is 23.5 Å². The highest BCUT2D eigenvalue weighted by molar-refractivity contribution is 5.97. The largest absolute Gasteiger partial charge is 0.477 e. The molecule has 1 aromatic carbocycles. The molecule has 3 N–H and O–H groups in total. The number of anilines is 1. The number of carbonyl (C=O) groups is 1. The van der Waals surface area contributed by atoms with Crippen molar-refractivity contribution in [3.63, 3.8) is 0 Å². The summed E-state index contributed by atoms with van der Waals surface area (Å²) in [5.74, 6) is -2.87. The SMILES string of the molecule is CC1(C)CN(c2c(F)cc3c(=O)c(C(=O)O)cn(C4CC4)c3c2OC(F)F)C[C@H]1N. The first-order valence-corrected chi connectivity index (χ1v) is 9.61. The molecule has 1 atom stereocenters. The monoisotopic (exact) mass is 425 g/mol. The van der Waals surface area contributed by atoms with Gasteiger partial charge in [-0.1, -0.05) is 13.8 Å². The zero-order valence-electron chi connectivity index (χ0n) is 16.5. The van der Waals surface area contributed by atoms with E-state index < -0.39 is 40.6 Å². The maximum Gasteiger partial charge on any atom is 0.387 e. The molecule has 2 aliphatic rings. The molecule has 4 rings (SSSR count). The molecular formula is C20H22F3N3O4. The number of carboxylic acid groups (broad SMARTS) is 1. The Morgan fingerprint density at radius 1 is 1.37 bits per heavy atom. The number of halogens is 3. The summed E-state index contributed by atoms with van der Waals surface area (Å²) in [6.07, 6.45) is 2.49. The topological polar surface area (TPSA) is 97.8 Å². The molecule has 1 aliphatic heterocycles. The Kier molecular flexibility index (Phi) is 4.72. The minimum atomic E-state index is -3.26. The molecule has 1 saturated heterocycles. The van der Waals surface area contributed by atoms with Gasteiger partial charge >= 0.3 is 12.6 Å². The van der Waals surface area contributed by atoms with Crippen molar-refractivity contribution in [3.8, 4) is 5.75 Å². The average molecular weight is 425 g/mol. The number of nitrogens with zero attached hydrogens (tertiary/aromatic N) is 2. The van der Waals surface area contributed by atoms with Crippen molar-refractivity contribution >= 4 is 22.6 Å². The van der Waals surface area contributed by atoms with Gasteiger partial charge in [-0.05, 0) is 24.3 Å². The van der Waals surface area contributed by atoms with Crippen molar-refractivity contribution in [2.75, 3.05) is 18.0 Å². The van der Waals surface area contributed by atoms with E-state index >= 15 is 4.39 Å². The van der Waals surface area contributed by atoms with E-state index in [2.05, 4.69) is 0 Å². The Labute approximate surface area is 169 Å². The fourth-order valence-corrected chi connectivity index (χ4v) is 4.06. The summed E-state index contributed by atoms with van der Waals surface area (Å²) in [4.78, 5) is 25.8. The second-order valence-corrected chi connectivity index (χ2v) is 8.60. The highest BCUT2D eigenvalue weighted by atomic mass is 19.3.